The summed E-state index contributed by atoms with van der Waals surface area (Å²) >= 11 is 0. The summed E-state index contributed by atoms with van der Waals surface area (Å²) in [5.74, 6) is 0.841. The van der Waals surface area contributed by atoms with Crippen LogP contribution in [0.1, 0.15) is 63.4 Å². The molecule has 0 bridgehead atoms. The van der Waals surface area contributed by atoms with Crippen molar-refractivity contribution in [2.24, 2.45) is 17.8 Å². The van der Waals surface area contributed by atoms with Gasteiger partial charge in [0.2, 0.25) is 0 Å². The maximum Gasteiger partial charge on any atom is 0.404 e. The molecule has 3 saturated heterocycles. The maximum absolute atomic E-state index is 14.9. The first-order chi connectivity index (χ1) is 22.2. The Morgan fingerprint density at radius 3 is 2.22 bits per heavy atom. The van der Waals surface area contributed by atoms with Crippen molar-refractivity contribution in [1.29, 1.82) is 0 Å². The molecule has 2 aromatic carbocycles. The van der Waals surface area contributed by atoms with Crippen LogP contribution in [0.25, 0.3) is 0 Å². The molecule has 1 unspecified atom stereocenters. The number of rotatable bonds is 11. The van der Waals surface area contributed by atoms with Crippen LogP contribution in [-0.4, -0.2) is 93.1 Å². The van der Waals surface area contributed by atoms with Crippen molar-refractivity contribution >= 4 is 21.6 Å². The van der Waals surface area contributed by atoms with Crippen LogP contribution in [0.5, 0.6) is 0 Å². The van der Waals surface area contributed by atoms with E-state index in [0.29, 0.717) is 16.7 Å². The minimum atomic E-state index is -3.19. The number of hydrogen-bond acceptors (Lipinski definition) is 6. The molecule has 2 saturated carbocycles. The SMILES string of the molecule is O=C(O)N[C@H]1CCC[C@@H]1C(CN1CCC1)(c1cccc(F)c1)C1CCN(CC2CN(c3ccc(S(=O)(=O)C4CCC4)cc3)C2)CC1. The molecule has 5 fully saturated rings. The van der Waals surface area contributed by atoms with Gasteiger partial charge in [0, 0.05) is 49.2 Å². The molecule has 2 aromatic rings. The number of hydrogen-bond donors (Lipinski definition) is 2. The first kappa shape index (κ1) is 31.9. The van der Waals surface area contributed by atoms with Crippen molar-refractivity contribution in [1.82, 2.24) is 15.1 Å². The molecular formula is C36H49FN4O4S. The molecule has 10 heteroatoms. The summed E-state index contributed by atoms with van der Waals surface area (Å²) in [5, 5.41) is 12.4. The average Bonchev–Trinajstić information content (AvgIpc) is 3.41. The van der Waals surface area contributed by atoms with Crippen molar-refractivity contribution < 1.29 is 22.7 Å². The zero-order valence-electron chi connectivity index (χ0n) is 26.8. The lowest BCUT2D eigenvalue weighted by atomic mass is 9.57. The van der Waals surface area contributed by atoms with E-state index in [9.17, 15) is 22.7 Å². The third kappa shape index (κ3) is 6.17. The molecule has 0 aromatic heterocycles. The van der Waals surface area contributed by atoms with Gasteiger partial charge in [-0.1, -0.05) is 25.0 Å². The normalized spacial score (nSPS) is 26.6. The Balaban J connectivity index is 1.01. The van der Waals surface area contributed by atoms with Gasteiger partial charge in [-0.05, 0) is 125 Å². The van der Waals surface area contributed by atoms with Gasteiger partial charge in [-0.15, -0.1) is 0 Å². The van der Waals surface area contributed by atoms with Crippen LogP contribution < -0.4 is 10.2 Å². The highest BCUT2D eigenvalue weighted by atomic mass is 32.2. The summed E-state index contributed by atoms with van der Waals surface area (Å²) in [5.41, 5.74) is 1.83. The number of anilines is 1. The monoisotopic (exact) mass is 652 g/mol. The zero-order chi connectivity index (χ0) is 31.9. The Bertz CT molecular complexity index is 1480. The lowest BCUT2D eigenvalue weighted by Gasteiger charge is -2.54. The number of halogens is 1. The predicted molar refractivity (Wildman–Crippen MR) is 178 cm³/mol. The van der Waals surface area contributed by atoms with Crippen molar-refractivity contribution in [3.8, 4) is 0 Å². The van der Waals surface area contributed by atoms with E-state index in [4.69, 9.17) is 0 Å². The Kier molecular flexibility index (Phi) is 9.06. The molecule has 0 spiro atoms. The van der Waals surface area contributed by atoms with Gasteiger partial charge in [0.1, 0.15) is 5.82 Å². The lowest BCUT2D eigenvalue weighted by Crippen LogP contribution is -2.60. The van der Waals surface area contributed by atoms with E-state index in [2.05, 4.69) is 26.1 Å². The van der Waals surface area contributed by atoms with Crippen LogP contribution in [-0.2, 0) is 15.3 Å². The molecule has 2 aliphatic carbocycles. The molecule has 3 atom stereocenters. The van der Waals surface area contributed by atoms with Crippen LogP contribution in [0.15, 0.2) is 53.4 Å². The van der Waals surface area contributed by atoms with Gasteiger partial charge in [-0.3, -0.25) is 0 Å². The second-order valence-electron chi connectivity index (χ2n) is 14.7. The number of sulfone groups is 1. The van der Waals surface area contributed by atoms with Crippen LogP contribution in [0.4, 0.5) is 14.9 Å². The Morgan fingerprint density at radius 1 is 0.891 bits per heavy atom. The van der Waals surface area contributed by atoms with Crippen molar-refractivity contribution in [2.75, 3.05) is 57.3 Å². The van der Waals surface area contributed by atoms with E-state index in [1.165, 1.54) is 12.5 Å². The van der Waals surface area contributed by atoms with E-state index in [1.807, 2.05) is 18.2 Å². The third-order valence-corrected chi connectivity index (χ3v) is 14.4. The Hall–Kier alpha value is -2.69. The summed E-state index contributed by atoms with van der Waals surface area (Å²) in [7, 11) is -3.19. The Labute approximate surface area is 273 Å². The highest BCUT2D eigenvalue weighted by Crippen LogP contribution is 2.51. The molecule has 8 nitrogen and oxygen atoms in total. The van der Waals surface area contributed by atoms with E-state index < -0.39 is 15.9 Å². The molecule has 46 heavy (non-hydrogen) atoms. The Morgan fingerprint density at radius 2 is 1.61 bits per heavy atom. The predicted octanol–water partition coefficient (Wildman–Crippen LogP) is 5.38. The van der Waals surface area contributed by atoms with Crippen LogP contribution in [0.3, 0.4) is 0 Å². The summed E-state index contributed by atoms with van der Waals surface area (Å²) < 4.78 is 40.4. The number of nitrogens with one attached hydrogen (secondary N) is 1. The van der Waals surface area contributed by atoms with Gasteiger partial charge >= 0.3 is 6.09 Å². The summed E-state index contributed by atoms with van der Waals surface area (Å²) in [4.78, 5) is 19.7. The molecule has 3 heterocycles. The van der Waals surface area contributed by atoms with Crippen LogP contribution in [0, 0.1) is 23.6 Å². The minimum absolute atomic E-state index is 0.117. The molecular weight excluding hydrogens is 603 g/mol. The lowest BCUT2D eigenvalue weighted by molar-refractivity contribution is 0.0226. The summed E-state index contributed by atoms with van der Waals surface area (Å²) in [6.45, 7) is 7.95. The molecule has 0 radical (unpaired) electrons. The average molecular weight is 653 g/mol. The first-order valence-electron chi connectivity index (χ1n) is 17.5. The molecule has 2 N–H and O–H groups in total. The van der Waals surface area contributed by atoms with Gasteiger partial charge in [-0.2, -0.15) is 0 Å². The molecule has 1 amide bonds. The van der Waals surface area contributed by atoms with Gasteiger partial charge in [0.25, 0.3) is 0 Å². The second-order valence-corrected chi connectivity index (χ2v) is 16.9. The first-order valence-corrected chi connectivity index (χ1v) is 19.1. The number of carbonyl (C=O) groups is 1. The fourth-order valence-electron chi connectivity index (χ4n) is 9.30. The van der Waals surface area contributed by atoms with E-state index >= 15 is 0 Å². The van der Waals surface area contributed by atoms with Gasteiger partial charge in [0.15, 0.2) is 9.84 Å². The number of piperidine rings is 1. The molecule has 7 rings (SSSR count). The number of nitrogens with zero attached hydrogens (tertiary/aromatic N) is 3. The van der Waals surface area contributed by atoms with E-state index in [1.54, 1.807) is 18.2 Å². The number of amides is 1. The fraction of sp³-hybridized carbons (Fsp3) is 0.639. The van der Waals surface area contributed by atoms with Crippen molar-refractivity contribution in [3.05, 3.63) is 59.9 Å². The number of likely N-dealkylation sites (tertiary alicyclic amines) is 2. The van der Waals surface area contributed by atoms with E-state index in [-0.39, 0.29) is 28.4 Å². The second kappa shape index (κ2) is 13.1. The van der Waals surface area contributed by atoms with Crippen molar-refractivity contribution in [3.63, 3.8) is 0 Å². The third-order valence-electron chi connectivity index (χ3n) is 12.1. The van der Waals surface area contributed by atoms with Gasteiger partial charge in [-0.25, -0.2) is 17.6 Å². The van der Waals surface area contributed by atoms with E-state index in [0.717, 1.165) is 115 Å². The smallest absolute Gasteiger partial charge is 0.404 e. The maximum atomic E-state index is 14.9. The van der Waals surface area contributed by atoms with Gasteiger partial charge < -0.3 is 25.1 Å². The quantitative estimate of drug-likeness (QED) is 0.337. The fourth-order valence-corrected chi connectivity index (χ4v) is 11.2. The molecule has 5 aliphatic rings. The zero-order valence-corrected chi connectivity index (χ0v) is 27.6. The largest absolute Gasteiger partial charge is 0.465 e. The van der Waals surface area contributed by atoms with Crippen LogP contribution in [0.2, 0.25) is 0 Å². The highest BCUT2D eigenvalue weighted by Gasteiger charge is 2.53. The number of benzene rings is 2. The van der Waals surface area contributed by atoms with Crippen molar-refractivity contribution in [2.45, 2.75) is 79.4 Å². The minimum Gasteiger partial charge on any atom is -0.465 e. The van der Waals surface area contributed by atoms with Crippen LogP contribution >= 0.6 is 0 Å². The summed E-state index contributed by atoms with van der Waals surface area (Å²) in [6, 6.07) is 14.6. The topological polar surface area (TPSA) is 93.2 Å². The van der Waals surface area contributed by atoms with Gasteiger partial charge in [0.05, 0.1) is 10.1 Å². The summed E-state index contributed by atoms with van der Waals surface area (Å²) in [6.07, 6.45) is 7.61. The molecule has 250 valence electrons. The standard InChI is InChI=1S/C36H49FN4O4S/c37-29-6-1-5-28(21-29)36(25-40-17-4-18-40,33-9-3-10-34(33)38-35(42)43)27-15-19-39(20-16-27)22-26-23-41(24-26)30-11-13-32(14-12-30)46(44,45)31-7-2-8-31/h1,5-6,11-14,21,26-27,31,33-34,38H,2-4,7-10,15-20,22-25H2,(H,42,43)/t33-,34-,36?/m0/s1. The highest BCUT2D eigenvalue weighted by molar-refractivity contribution is 7.92. The number of carboxylic acid groups (broad SMARTS) is 1. The molecule has 3 aliphatic heterocycles.